The largest absolute Gasteiger partial charge is 0.392 e. The molecule has 4 nitrogen and oxygen atoms in total. The molecular formula is C14H27N3OS. The lowest BCUT2D eigenvalue weighted by Gasteiger charge is -2.45. The van der Waals surface area contributed by atoms with Crippen molar-refractivity contribution in [2.24, 2.45) is 23.0 Å². The Morgan fingerprint density at radius 2 is 2.00 bits per heavy atom. The van der Waals surface area contributed by atoms with Gasteiger partial charge in [0.15, 0.2) is 0 Å². The number of nitrogens with zero attached hydrogens (tertiary/aromatic N) is 1. The number of carbonyl (C=O) groups is 1. The Kier molecular flexibility index (Phi) is 5.33. The second-order valence-corrected chi connectivity index (χ2v) is 6.99. The Morgan fingerprint density at radius 1 is 1.47 bits per heavy atom. The Bertz CT molecular complexity index is 349. The number of hydrogen-bond acceptors (Lipinski definition) is 3. The van der Waals surface area contributed by atoms with Crippen molar-refractivity contribution in [3.05, 3.63) is 0 Å². The van der Waals surface area contributed by atoms with Crippen LogP contribution in [0.1, 0.15) is 33.6 Å². The summed E-state index contributed by atoms with van der Waals surface area (Å²) in [4.78, 5) is 15.0. The number of rotatable bonds is 6. The Hall–Kier alpha value is -0.680. The van der Waals surface area contributed by atoms with Crippen molar-refractivity contribution in [1.29, 1.82) is 0 Å². The van der Waals surface area contributed by atoms with Crippen molar-refractivity contribution in [3.8, 4) is 0 Å². The second-order valence-electron chi connectivity index (χ2n) is 6.55. The zero-order chi connectivity index (χ0) is 14.8. The van der Waals surface area contributed by atoms with Crippen LogP contribution in [0.2, 0.25) is 0 Å². The monoisotopic (exact) mass is 285 g/mol. The van der Waals surface area contributed by atoms with Crippen LogP contribution in [0.3, 0.4) is 0 Å². The maximum Gasteiger partial charge on any atom is 0.233 e. The van der Waals surface area contributed by atoms with E-state index in [0.29, 0.717) is 16.8 Å². The first-order valence-corrected chi connectivity index (χ1v) is 7.35. The van der Waals surface area contributed by atoms with Crippen LogP contribution in [0.25, 0.3) is 0 Å². The molecule has 0 radical (unpaired) electrons. The maximum atomic E-state index is 12.5. The van der Waals surface area contributed by atoms with E-state index in [9.17, 15) is 4.79 Å². The van der Waals surface area contributed by atoms with Gasteiger partial charge in [-0.05, 0) is 38.8 Å². The zero-order valence-corrected chi connectivity index (χ0v) is 13.5. The summed E-state index contributed by atoms with van der Waals surface area (Å²) in [6.07, 6.45) is 1.56. The van der Waals surface area contributed by atoms with E-state index in [1.54, 1.807) is 0 Å². The highest BCUT2D eigenvalue weighted by molar-refractivity contribution is 7.80. The molecule has 1 unspecified atom stereocenters. The number of nitrogens with two attached hydrogens (primary N) is 1. The van der Waals surface area contributed by atoms with Crippen LogP contribution in [0.15, 0.2) is 0 Å². The molecule has 0 aromatic rings. The normalized spacial score (nSPS) is 28.1. The molecule has 1 aliphatic carbocycles. The van der Waals surface area contributed by atoms with E-state index in [0.717, 1.165) is 19.4 Å². The third kappa shape index (κ3) is 3.66. The van der Waals surface area contributed by atoms with E-state index in [1.165, 1.54) is 0 Å². The molecule has 1 saturated carbocycles. The summed E-state index contributed by atoms with van der Waals surface area (Å²) >= 11 is 5.12. The minimum Gasteiger partial charge on any atom is -0.392 e. The lowest BCUT2D eigenvalue weighted by molar-refractivity contribution is -0.134. The molecule has 0 heterocycles. The first-order chi connectivity index (χ1) is 8.69. The highest BCUT2D eigenvalue weighted by Crippen LogP contribution is 2.46. The highest BCUT2D eigenvalue weighted by atomic mass is 32.1. The third-order valence-electron chi connectivity index (χ3n) is 3.98. The molecule has 0 aromatic carbocycles. The molecule has 1 amide bonds. The van der Waals surface area contributed by atoms with Crippen molar-refractivity contribution in [3.63, 3.8) is 0 Å². The average molecular weight is 285 g/mol. The van der Waals surface area contributed by atoms with Crippen molar-refractivity contribution in [2.75, 3.05) is 20.6 Å². The maximum absolute atomic E-state index is 12.5. The molecule has 1 aliphatic rings. The van der Waals surface area contributed by atoms with Crippen molar-refractivity contribution in [2.45, 2.75) is 39.7 Å². The number of hydrogen-bond donors (Lipinski definition) is 2. The molecule has 0 bridgehead atoms. The zero-order valence-electron chi connectivity index (χ0n) is 12.7. The van der Waals surface area contributed by atoms with E-state index in [-0.39, 0.29) is 11.9 Å². The quantitative estimate of drug-likeness (QED) is 0.724. The number of carbonyl (C=O) groups excluding carboxylic acids is 1. The number of thiocarbonyl (C=S) groups is 1. The fourth-order valence-electron chi connectivity index (χ4n) is 2.75. The van der Waals surface area contributed by atoms with Gasteiger partial charge in [-0.1, -0.05) is 33.0 Å². The van der Waals surface area contributed by atoms with Gasteiger partial charge < -0.3 is 16.0 Å². The fraction of sp³-hybridized carbons (Fsp3) is 0.857. The van der Waals surface area contributed by atoms with Crippen molar-refractivity contribution < 1.29 is 4.79 Å². The van der Waals surface area contributed by atoms with E-state index in [2.05, 4.69) is 31.0 Å². The van der Waals surface area contributed by atoms with Crippen molar-refractivity contribution >= 4 is 23.1 Å². The molecule has 3 N–H and O–H groups in total. The van der Waals surface area contributed by atoms with Gasteiger partial charge in [-0.15, -0.1) is 0 Å². The molecular weight excluding hydrogens is 258 g/mol. The van der Waals surface area contributed by atoms with E-state index < -0.39 is 5.41 Å². The van der Waals surface area contributed by atoms with Gasteiger partial charge in [0.2, 0.25) is 5.91 Å². The molecule has 0 spiro atoms. The Balaban J connectivity index is 2.73. The molecule has 1 fully saturated rings. The minimum atomic E-state index is -0.603. The average Bonchev–Trinajstić information content (AvgIpc) is 2.21. The van der Waals surface area contributed by atoms with E-state index in [4.69, 9.17) is 18.0 Å². The van der Waals surface area contributed by atoms with Crippen LogP contribution in [-0.4, -0.2) is 42.5 Å². The Morgan fingerprint density at radius 3 is 2.32 bits per heavy atom. The second kappa shape index (κ2) is 6.18. The molecule has 19 heavy (non-hydrogen) atoms. The Labute approximate surface area is 122 Å². The predicted octanol–water partition coefficient (Wildman–Crippen LogP) is 1.39. The summed E-state index contributed by atoms with van der Waals surface area (Å²) in [6.45, 7) is 7.19. The summed E-state index contributed by atoms with van der Waals surface area (Å²) < 4.78 is 0. The SMILES string of the molecule is CC1CC(C(=O)NC(CN(C)C)C(C)C)(C(N)=S)C1. The van der Waals surface area contributed by atoms with Crippen LogP contribution in [-0.2, 0) is 4.79 Å². The van der Waals surface area contributed by atoms with E-state index >= 15 is 0 Å². The van der Waals surface area contributed by atoms with Gasteiger partial charge in [0, 0.05) is 12.6 Å². The first-order valence-electron chi connectivity index (χ1n) is 6.94. The summed E-state index contributed by atoms with van der Waals surface area (Å²) in [7, 11) is 4.02. The topological polar surface area (TPSA) is 58.4 Å². The highest BCUT2D eigenvalue weighted by Gasteiger charge is 2.51. The lowest BCUT2D eigenvalue weighted by Crippen LogP contribution is -2.59. The third-order valence-corrected chi connectivity index (χ3v) is 4.37. The van der Waals surface area contributed by atoms with Gasteiger partial charge in [-0.3, -0.25) is 4.79 Å². The predicted molar refractivity (Wildman–Crippen MR) is 82.9 cm³/mol. The van der Waals surface area contributed by atoms with Crippen LogP contribution in [0.4, 0.5) is 0 Å². The van der Waals surface area contributed by atoms with Gasteiger partial charge in [0.25, 0.3) is 0 Å². The molecule has 0 aromatic heterocycles. The van der Waals surface area contributed by atoms with Gasteiger partial charge in [-0.2, -0.15) is 0 Å². The van der Waals surface area contributed by atoms with Gasteiger partial charge >= 0.3 is 0 Å². The van der Waals surface area contributed by atoms with Crippen LogP contribution < -0.4 is 11.1 Å². The molecule has 1 atom stereocenters. The number of likely N-dealkylation sites (N-methyl/N-ethyl adjacent to an activating group) is 1. The fourth-order valence-corrected chi connectivity index (χ4v) is 3.01. The standard InChI is InChI=1S/C14H27N3OS/c1-9(2)11(8-17(4)5)16-13(18)14(12(15)19)6-10(3)7-14/h9-11H,6-8H2,1-5H3,(H2,15,19)(H,16,18). The molecule has 1 rings (SSSR count). The molecule has 5 heteroatoms. The lowest BCUT2D eigenvalue weighted by atomic mass is 9.62. The van der Waals surface area contributed by atoms with Gasteiger partial charge in [-0.25, -0.2) is 0 Å². The summed E-state index contributed by atoms with van der Waals surface area (Å²) in [5, 5.41) is 3.14. The van der Waals surface area contributed by atoms with Gasteiger partial charge in [0.05, 0.1) is 10.4 Å². The van der Waals surface area contributed by atoms with Crippen molar-refractivity contribution in [1.82, 2.24) is 10.2 Å². The van der Waals surface area contributed by atoms with Crippen LogP contribution in [0.5, 0.6) is 0 Å². The molecule has 0 aliphatic heterocycles. The first kappa shape index (κ1) is 16.4. The van der Waals surface area contributed by atoms with Crippen LogP contribution in [0, 0.1) is 17.3 Å². The molecule has 0 saturated heterocycles. The summed E-state index contributed by atoms with van der Waals surface area (Å²) in [5.74, 6) is 0.921. The number of nitrogens with one attached hydrogen (secondary N) is 1. The van der Waals surface area contributed by atoms with Crippen LogP contribution >= 0.6 is 12.2 Å². The molecule has 110 valence electrons. The summed E-state index contributed by atoms with van der Waals surface area (Å²) in [6, 6.07) is 0.129. The van der Waals surface area contributed by atoms with E-state index in [1.807, 2.05) is 14.1 Å². The smallest absolute Gasteiger partial charge is 0.233 e. The summed E-state index contributed by atoms with van der Waals surface area (Å²) in [5.41, 5.74) is 5.21. The van der Waals surface area contributed by atoms with Gasteiger partial charge in [0.1, 0.15) is 0 Å². The minimum absolute atomic E-state index is 0.0126. The number of amides is 1.